The summed E-state index contributed by atoms with van der Waals surface area (Å²) >= 11 is 0. The van der Waals surface area contributed by atoms with E-state index in [4.69, 9.17) is 9.31 Å². The van der Waals surface area contributed by atoms with Crippen LogP contribution in [0.2, 0.25) is 0 Å². The predicted molar refractivity (Wildman–Crippen MR) is 95.9 cm³/mol. The second-order valence-corrected chi connectivity index (χ2v) is 9.73. The third-order valence-electron chi connectivity index (χ3n) is 8.22. The summed E-state index contributed by atoms with van der Waals surface area (Å²) in [6.07, 6.45) is 6.72. The molecule has 3 saturated heterocycles. The molecule has 6 fully saturated rings. The van der Waals surface area contributed by atoms with E-state index < -0.39 is 0 Å². The number of hydrogen-bond acceptors (Lipinski definition) is 4. The van der Waals surface area contributed by atoms with Crippen LogP contribution < -0.4 is 5.32 Å². The Morgan fingerprint density at radius 2 is 2.04 bits per heavy atom. The van der Waals surface area contributed by atoms with Crippen LogP contribution in [0.1, 0.15) is 59.3 Å². The predicted octanol–water partition coefficient (Wildman–Crippen LogP) is 2.00. The van der Waals surface area contributed by atoms with Gasteiger partial charge in [0.15, 0.2) is 0 Å². The number of rotatable bonds is 2. The lowest BCUT2D eigenvalue weighted by molar-refractivity contribution is -0.199. The molecule has 3 aliphatic carbocycles. The van der Waals surface area contributed by atoms with E-state index >= 15 is 0 Å². The van der Waals surface area contributed by atoms with Crippen LogP contribution in [0.5, 0.6) is 0 Å². The highest BCUT2D eigenvalue weighted by Gasteiger charge is 2.69. The lowest BCUT2D eigenvalue weighted by Gasteiger charge is -2.64. The van der Waals surface area contributed by atoms with E-state index in [1.807, 2.05) is 0 Å². The van der Waals surface area contributed by atoms with Crippen molar-refractivity contribution in [2.24, 2.45) is 17.3 Å². The summed E-state index contributed by atoms with van der Waals surface area (Å²) in [6.45, 7) is 8.86. The highest BCUT2D eigenvalue weighted by atomic mass is 16.7. The Kier molecular flexibility index (Phi) is 3.62. The van der Waals surface area contributed by atoms with Crippen LogP contribution in [0.3, 0.4) is 0 Å². The van der Waals surface area contributed by atoms with Gasteiger partial charge in [0.1, 0.15) is 0 Å². The van der Waals surface area contributed by atoms with Gasteiger partial charge in [0.25, 0.3) is 0 Å². The van der Waals surface area contributed by atoms with Gasteiger partial charge in [-0.2, -0.15) is 0 Å². The van der Waals surface area contributed by atoms with Crippen LogP contribution in [0.25, 0.3) is 0 Å². The molecule has 0 aromatic carbocycles. The maximum atomic E-state index is 12.9. The molecular formula is C19H31BN2O3. The average molecular weight is 346 g/mol. The van der Waals surface area contributed by atoms with Crippen LogP contribution in [0.4, 0.5) is 0 Å². The highest BCUT2D eigenvalue weighted by molar-refractivity contribution is 6.48. The molecule has 1 amide bonds. The first-order chi connectivity index (χ1) is 11.9. The Hall–Kier alpha value is -0.585. The van der Waals surface area contributed by atoms with Crippen LogP contribution >= 0.6 is 0 Å². The van der Waals surface area contributed by atoms with Crippen molar-refractivity contribution in [2.75, 3.05) is 13.1 Å². The number of amides is 1. The van der Waals surface area contributed by atoms with Gasteiger partial charge in [-0.1, -0.05) is 13.8 Å². The van der Waals surface area contributed by atoms with E-state index in [-0.39, 0.29) is 36.7 Å². The second kappa shape index (κ2) is 5.46. The fraction of sp³-hybridized carbons (Fsp3) is 0.947. The summed E-state index contributed by atoms with van der Waals surface area (Å²) in [4.78, 5) is 15.0. The molecule has 0 aromatic rings. The topological polar surface area (TPSA) is 50.8 Å². The first kappa shape index (κ1) is 16.6. The summed E-state index contributed by atoms with van der Waals surface area (Å²) in [7, 11) is -0.238. The smallest absolute Gasteiger partial charge is 0.404 e. The summed E-state index contributed by atoms with van der Waals surface area (Å²) in [6, 6.07) is 0.00612. The fourth-order valence-electron chi connectivity index (χ4n) is 6.51. The molecule has 2 bridgehead atoms. The van der Waals surface area contributed by atoms with Gasteiger partial charge < -0.3 is 19.5 Å². The Morgan fingerprint density at radius 1 is 1.20 bits per heavy atom. The number of nitrogens with zero attached hydrogens (tertiary/aromatic N) is 1. The van der Waals surface area contributed by atoms with Gasteiger partial charge in [0.05, 0.1) is 23.7 Å². The number of carbonyl (C=O) groups is 1. The van der Waals surface area contributed by atoms with Gasteiger partial charge in [0.2, 0.25) is 5.91 Å². The quantitative estimate of drug-likeness (QED) is 0.777. The van der Waals surface area contributed by atoms with Gasteiger partial charge in [-0.25, -0.2) is 0 Å². The molecule has 0 spiro atoms. The number of likely N-dealkylation sites (tertiary alicyclic amines) is 1. The number of hydrogen-bond donors (Lipinski definition) is 1. The standard InChI is InChI=1S/C19H31BN2O3/c1-18(2)12-10-14(18)19(3)15(11-12)24-20(25-19)16-7-5-9-22(16)17(23)13-6-4-8-21-13/h12-16,21H,4-11H2,1-3H3/t12-,13-,14-,15+,16-,19-/m0/s1. The third-order valence-corrected chi connectivity index (χ3v) is 8.22. The van der Waals surface area contributed by atoms with Crippen molar-refractivity contribution in [3.8, 4) is 0 Å². The van der Waals surface area contributed by atoms with Gasteiger partial charge in [-0.05, 0) is 69.2 Å². The molecule has 3 heterocycles. The van der Waals surface area contributed by atoms with Crippen molar-refractivity contribution in [2.45, 2.75) is 83.0 Å². The van der Waals surface area contributed by atoms with E-state index in [9.17, 15) is 4.79 Å². The second-order valence-electron chi connectivity index (χ2n) is 9.73. The fourth-order valence-corrected chi connectivity index (χ4v) is 6.51. The molecule has 0 radical (unpaired) electrons. The molecule has 6 rings (SSSR count). The SMILES string of the molecule is CC1(C)[C@@H]2C[C@H]3OB([C@@H]4CCCN4C(=O)[C@@H]4CCCN4)O[C@@]3(C)[C@H]1C2. The van der Waals surface area contributed by atoms with Crippen LogP contribution in [-0.4, -0.2) is 54.7 Å². The summed E-state index contributed by atoms with van der Waals surface area (Å²) in [5.74, 6) is 1.70. The van der Waals surface area contributed by atoms with Gasteiger partial charge in [-0.15, -0.1) is 0 Å². The van der Waals surface area contributed by atoms with E-state index in [2.05, 4.69) is 31.0 Å². The number of carbonyl (C=O) groups excluding carboxylic acids is 1. The Balaban J connectivity index is 1.33. The lowest BCUT2D eigenvalue weighted by Crippen LogP contribution is -2.65. The molecule has 3 saturated carbocycles. The molecule has 0 aromatic heterocycles. The summed E-state index contributed by atoms with van der Waals surface area (Å²) < 4.78 is 13.1. The summed E-state index contributed by atoms with van der Waals surface area (Å²) in [5.41, 5.74) is 0.189. The normalized spacial score (nSPS) is 47.7. The van der Waals surface area contributed by atoms with E-state index in [0.29, 0.717) is 11.3 Å². The van der Waals surface area contributed by atoms with Crippen LogP contribution in [0.15, 0.2) is 0 Å². The zero-order valence-electron chi connectivity index (χ0n) is 15.8. The number of nitrogens with one attached hydrogen (secondary N) is 1. The zero-order valence-corrected chi connectivity index (χ0v) is 15.8. The van der Waals surface area contributed by atoms with Gasteiger partial charge in [-0.3, -0.25) is 4.79 Å². The van der Waals surface area contributed by atoms with Crippen molar-refractivity contribution >= 4 is 13.0 Å². The monoisotopic (exact) mass is 346 g/mol. The molecular weight excluding hydrogens is 315 g/mol. The third kappa shape index (κ3) is 2.23. The van der Waals surface area contributed by atoms with Gasteiger partial charge in [0, 0.05) is 6.54 Å². The van der Waals surface area contributed by atoms with Crippen LogP contribution in [0, 0.1) is 17.3 Å². The van der Waals surface area contributed by atoms with Gasteiger partial charge >= 0.3 is 7.12 Å². The minimum absolute atomic E-state index is 0.00612. The zero-order chi connectivity index (χ0) is 17.4. The molecule has 1 N–H and O–H groups in total. The van der Waals surface area contributed by atoms with E-state index in [0.717, 1.165) is 51.1 Å². The minimum Gasteiger partial charge on any atom is -0.404 e. The highest BCUT2D eigenvalue weighted by Crippen LogP contribution is 2.65. The Bertz CT molecular complexity index is 579. The van der Waals surface area contributed by atoms with Crippen molar-refractivity contribution in [3.05, 3.63) is 0 Å². The maximum absolute atomic E-state index is 12.9. The summed E-state index contributed by atoms with van der Waals surface area (Å²) in [5, 5.41) is 3.35. The minimum atomic E-state index is -0.238. The first-order valence-corrected chi connectivity index (χ1v) is 10.3. The van der Waals surface area contributed by atoms with Crippen LogP contribution in [-0.2, 0) is 14.1 Å². The molecule has 25 heavy (non-hydrogen) atoms. The largest absolute Gasteiger partial charge is 0.481 e. The van der Waals surface area contributed by atoms with E-state index in [1.165, 1.54) is 6.42 Å². The molecule has 6 atom stereocenters. The Morgan fingerprint density at radius 3 is 2.76 bits per heavy atom. The molecule has 6 heteroatoms. The molecule has 3 aliphatic heterocycles. The molecule has 0 unspecified atom stereocenters. The van der Waals surface area contributed by atoms with Crippen molar-refractivity contribution < 1.29 is 14.1 Å². The van der Waals surface area contributed by atoms with Crippen molar-refractivity contribution in [3.63, 3.8) is 0 Å². The average Bonchev–Trinajstić information content (AvgIpc) is 3.30. The van der Waals surface area contributed by atoms with Crippen molar-refractivity contribution in [1.82, 2.24) is 10.2 Å². The molecule has 6 aliphatic rings. The Labute approximate surface area is 151 Å². The first-order valence-electron chi connectivity index (χ1n) is 10.3. The van der Waals surface area contributed by atoms with E-state index in [1.54, 1.807) is 0 Å². The molecule has 5 nitrogen and oxygen atoms in total. The lowest BCUT2D eigenvalue weighted by atomic mass is 9.43. The molecule has 138 valence electrons. The maximum Gasteiger partial charge on any atom is 0.481 e. The van der Waals surface area contributed by atoms with Crippen molar-refractivity contribution in [1.29, 1.82) is 0 Å².